The molecule has 0 unspecified atom stereocenters. The van der Waals surface area contributed by atoms with E-state index >= 15 is 0 Å². The Hall–Kier alpha value is -2.19. The molecule has 3 N–H and O–H groups in total. The Bertz CT molecular complexity index is 686. The third-order valence-electron chi connectivity index (χ3n) is 5.02. The zero-order chi connectivity index (χ0) is 18.5. The molecule has 0 bridgehead atoms. The number of piperidine rings is 1. The van der Waals surface area contributed by atoms with Gasteiger partial charge in [0.2, 0.25) is 5.91 Å². The van der Waals surface area contributed by atoms with Crippen LogP contribution < -0.4 is 5.73 Å². The Morgan fingerprint density at radius 2 is 2.19 bits per heavy atom. The van der Waals surface area contributed by atoms with Crippen LogP contribution in [-0.4, -0.2) is 75.0 Å². The Balaban J connectivity index is 1.52. The van der Waals surface area contributed by atoms with Crippen LogP contribution in [0.2, 0.25) is 0 Å². The molecule has 0 saturated carbocycles. The van der Waals surface area contributed by atoms with Crippen molar-refractivity contribution in [1.82, 2.24) is 29.3 Å². The molecule has 1 aliphatic heterocycles. The largest absolute Gasteiger partial charge is 0.348 e. The maximum absolute atomic E-state index is 12.6. The third kappa shape index (κ3) is 4.50. The molecule has 2 aromatic heterocycles. The summed E-state index contributed by atoms with van der Waals surface area (Å²) in [4.78, 5) is 28.2. The first kappa shape index (κ1) is 18.6. The molecule has 0 spiro atoms. The molecular formula is C18H29N7O. The molecule has 1 saturated heterocycles. The van der Waals surface area contributed by atoms with Gasteiger partial charge in [0.25, 0.3) is 0 Å². The summed E-state index contributed by atoms with van der Waals surface area (Å²) < 4.78 is 2.24. The fourth-order valence-corrected chi connectivity index (χ4v) is 3.49. The fourth-order valence-electron chi connectivity index (χ4n) is 3.49. The van der Waals surface area contributed by atoms with E-state index in [0.29, 0.717) is 12.3 Å². The molecule has 3 rings (SSSR count). The minimum Gasteiger partial charge on any atom is -0.348 e. The SMILES string of the molecule is CN(C)CCn1ccnc1C1CCN(C(=O)[C@@H](N)Cc2cnc[nH]2)CC1. The minimum atomic E-state index is -0.519. The lowest BCUT2D eigenvalue weighted by molar-refractivity contribution is -0.133. The Morgan fingerprint density at radius 1 is 1.42 bits per heavy atom. The van der Waals surface area contributed by atoms with E-state index in [9.17, 15) is 4.79 Å². The number of carbonyl (C=O) groups excluding carboxylic acids is 1. The summed E-state index contributed by atoms with van der Waals surface area (Å²) in [6.45, 7) is 3.40. The van der Waals surface area contributed by atoms with Crippen molar-refractivity contribution < 1.29 is 4.79 Å². The number of nitrogens with one attached hydrogen (secondary N) is 1. The Morgan fingerprint density at radius 3 is 2.85 bits per heavy atom. The van der Waals surface area contributed by atoms with Gasteiger partial charge in [-0.05, 0) is 26.9 Å². The first-order valence-corrected chi connectivity index (χ1v) is 9.22. The third-order valence-corrected chi connectivity index (χ3v) is 5.02. The quantitative estimate of drug-likeness (QED) is 0.748. The van der Waals surface area contributed by atoms with E-state index in [1.807, 2.05) is 11.1 Å². The fraction of sp³-hybridized carbons (Fsp3) is 0.611. The topological polar surface area (TPSA) is 96.1 Å². The predicted molar refractivity (Wildman–Crippen MR) is 99.6 cm³/mol. The van der Waals surface area contributed by atoms with Crippen LogP contribution in [0, 0.1) is 0 Å². The molecule has 0 radical (unpaired) electrons. The van der Waals surface area contributed by atoms with Gasteiger partial charge < -0.3 is 25.1 Å². The summed E-state index contributed by atoms with van der Waals surface area (Å²) in [5, 5.41) is 0. The predicted octanol–water partition coefficient (Wildman–Crippen LogP) is 0.444. The zero-order valence-electron chi connectivity index (χ0n) is 15.6. The molecule has 26 heavy (non-hydrogen) atoms. The van der Waals surface area contributed by atoms with E-state index in [0.717, 1.165) is 50.5 Å². The van der Waals surface area contributed by atoms with Crippen LogP contribution in [-0.2, 0) is 17.8 Å². The lowest BCUT2D eigenvalue weighted by Gasteiger charge is -2.33. The summed E-state index contributed by atoms with van der Waals surface area (Å²) in [6, 6.07) is -0.519. The van der Waals surface area contributed by atoms with Crippen molar-refractivity contribution in [2.24, 2.45) is 5.73 Å². The van der Waals surface area contributed by atoms with Gasteiger partial charge in [0, 0.05) is 62.8 Å². The van der Waals surface area contributed by atoms with Crippen LogP contribution >= 0.6 is 0 Å². The second-order valence-corrected chi connectivity index (χ2v) is 7.27. The Labute approximate surface area is 154 Å². The maximum Gasteiger partial charge on any atom is 0.239 e. The number of imidazole rings is 2. The minimum absolute atomic E-state index is 0.0222. The number of amides is 1. The summed E-state index contributed by atoms with van der Waals surface area (Å²) in [5.41, 5.74) is 6.99. The highest BCUT2D eigenvalue weighted by Crippen LogP contribution is 2.27. The lowest BCUT2D eigenvalue weighted by atomic mass is 9.95. The number of likely N-dealkylation sites (N-methyl/N-ethyl adjacent to an activating group) is 1. The normalized spacial score (nSPS) is 17.0. The van der Waals surface area contributed by atoms with Gasteiger partial charge in [-0.25, -0.2) is 9.97 Å². The van der Waals surface area contributed by atoms with Crippen molar-refractivity contribution in [2.45, 2.75) is 37.8 Å². The van der Waals surface area contributed by atoms with Gasteiger partial charge in [0.15, 0.2) is 0 Å². The van der Waals surface area contributed by atoms with Crippen LogP contribution in [0.4, 0.5) is 0 Å². The summed E-state index contributed by atoms with van der Waals surface area (Å²) >= 11 is 0. The van der Waals surface area contributed by atoms with Crippen LogP contribution in [0.5, 0.6) is 0 Å². The molecule has 0 aliphatic carbocycles. The first-order valence-electron chi connectivity index (χ1n) is 9.22. The van der Waals surface area contributed by atoms with Gasteiger partial charge in [-0.1, -0.05) is 0 Å². The average molecular weight is 359 g/mol. The number of aromatic amines is 1. The number of aromatic nitrogens is 4. The number of likely N-dealkylation sites (tertiary alicyclic amines) is 1. The Kier molecular flexibility index (Phi) is 6.05. The van der Waals surface area contributed by atoms with E-state index in [-0.39, 0.29) is 5.91 Å². The smallest absolute Gasteiger partial charge is 0.239 e. The number of rotatable bonds is 7. The van der Waals surface area contributed by atoms with E-state index in [4.69, 9.17) is 5.73 Å². The molecule has 8 nitrogen and oxygen atoms in total. The molecule has 1 amide bonds. The molecule has 8 heteroatoms. The zero-order valence-corrected chi connectivity index (χ0v) is 15.6. The number of hydrogen-bond donors (Lipinski definition) is 2. The van der Waals surface area contributed by atoms with E-state index in [1.165, 1.54) is 0 Å². The lowest BCUT2D eigenvalue weighted by Crippen LogP contribution is -2.48. The highest BCUT2D eigenvalue weighted by Gasteiger charge is 2.29. The number of nitrogens with zero attached hydrogens (tertiary/aromatic N) is 5. The van der Waals surface area contributed by atoms with E-state index in [1.54, 1.807) is 12.5 Å². The molecule has 1 atom stereocenters. The van der Waals surface area contributed by atoms with Crippen LogP contribution in [0.1, 0.15) is 30.3 Å². The van der Waals surface area contributed by atoms with Crippen LogP contribution in [0.15, 0.2) is 24.9 Å². The molecule has 1 fully saturated rings. The van der Waals surface area contributed by atoms with Crippen molar-refractivity contribution in [3.63, 3.8) is 0 Å². The molecule has 0 aromatic carbocycles. The van der Waals surface area contributed by atoms with Crippen molar-refractivity contribution in [2.75, 3.05) is 33.7 Å². The van der Waals surface area contributed by atoms with Crippen LogP contribution in [0.25, 0.3) is 0 Å². The molecule has 2 aromatic rings. The van der Waals surface area contributed by atoms with Gasteiger partial charge >= 0.3 is 0 Å². The van der Waals surface area contributed by atoms with Gasteiger partial charge in [-0.3, -0.25) is 4.79 Å². The highest BCUT2D eigenvalue weighted by molar-refractivity contribution is 5.82. The van der Waals surface area contributed by atoms with Gasteiger partial charge in [0.1, 0.15) is 5.82 Å². The summed E-state index contributed by atoms with van der Waals surface area (Å²) in [6.07, 6.45) is 9.61. The number of nitrogens with two attached hydrogens (primary N) is 1. The number of H-pyrrole nitrogens is 1. The van der Waals surface area contributed by atoms with Gasteiger partial charge in [-0.2, -0.15) is 0 Å². The van der Waals surface area contributed by atoms with Crippen molar-refractivity contribution >= 4 is 5.91 Å². The van der Waals surface area contributed by atoms with Gasteiger partial charge in [0.05, 0.1) is 12.4 Å². The average Bonchev–Trinajstić information content (AvgIpc) is 3.31. The molecule has 142 valence electrons. The van der Waals surface area contributed by atoms with E-state index < -0.39 is 6.04 Å². The first-order chi connectivity index (χ1) is 12.5. The molecule has 3 heterocycles. The van der Waals surface area contributed by atoms with Crippen molar-refractivity contribution in [3.05, 3.63) is 36.4 Å². The van der Waals surface area contributed by atoms with Crippen LogP contribution in [0.3, 0.4) is 0 Å². The molecule has 1 aliphatic rings. The second kappa shape index (κ2) is 8.46. The number of carbonyl (C=O) groups is 1. The monoisotopic (exact) mass is 359 g/mol. The summed E-state index contributed by atoms with van der Waals surface area (Å²) in [5.74, 6) is 1.56. The maximum atomic E-state index is 12.6. The summed E-state index contributed by atoms with van der Waals surface area (Å²) in [7, 11) is 4.15. The standard InChI is InChI=1S/C18H29N7O/c1-23(2)9-10-24-8-5-21-17(24)14-3-6-25(7-4-14)18(26)16(19)11-15-12-20-13-22-15/h5,8,12-14,16H,3-4,6-7,9-11,19H2,1-2H3,(H,20,22)/t16-/m0/s1. The van der Waals surface area contributed by atoms with Gasteiger partial charge in [-0.15, -0.1) is 0 Å². The highest BCUT2D eigenvalue weighted by atomic mass is 16.2. The number of hydrogen-bond acceptors (Lipinski definition) is 5. The second-order valence-electron chi connectivity index (χ2n) is 7.27. The van der Waals surface area contributed by atoms with Crippen molar-refractivity contribution in [3.8, 4) is 0 Å². The van der Waals surface area contributed by atoms with E-state index in [2.05, 4.69) is 44.7 Å². The molecular weight excluding hydrogens is 330 g/mol. The van der Waals surface area contributed by atoms with Crippen molar-refractivity contribution in [1.29, 1.82) is 0 Å².